The molecule has 0 saturated heterocycles. The van der Waals surface area contributed by atoms with Crippen molar-refractivity contribution in [2.24, 2.45) is 0 Å². The molecule has 0 aliphatic carbocycles. The summed E-state index contributed by atoms with van der Waals surface area (Å²) in [5, 5.41) is 13.1. The van der Waals surface area contributed by atoms with E-state index in [1.807, 2.05) is 6.92 Å². The van der Waals surface area contributed by atoms with E-state index in [0.29, 0.717) is 24.1 Å². The molecule has 2 aromatic carbocycles. The van der Waals surface area contributed by atoms with Gasteiger partial charge in [0, 0.05) is 18.2 Å². The standard InChI is InChI=1S/C19H22FNO3/c1-2-16(21-12-15-10-6-7-11-17(15)20)13-24-19(23)18(22)14-8-4-3-5-9-14/h3-11,16,18,21-22H,2,12-13H2,1H3/t16-,18?/m1/s1. The minimum absolute atomic E-state index is 0.114. The quantitative estimate of drug-likeness (QED) is 0.730. The Bertz CT molecular complexity index is 648. The Kier molecular flexibility index (Phi) is 6.90. The van der Waals surface area contributed by atoms with Crippen molar-refractivity contribution in [1.29, 1.82) is 0 Å². The number of rotatable bonds is 8. The van der Waals surface area contributed by atoms with Crippen molar-refractivity contribution in [3.05, 3.63) is 71.5 Å². The minimum atomic E-state index is -1.30. The number of carbonyl (C=O) groups is 1. The van der Waals surface area contributed by atoms with Gasteiger partial charge in [0.15, 0.2) is 6.10 Å². The molecule has 0 aromatic heterocycles. The zero-order valence-corrected chi connectivity index (χ0v) is 13.6. The van der Waals surface area contributed by atoms with Crippen LogP contribution in [0.2, 0.25) is 0 Å². The molecule has 0 fully saturated rings. The van der Waals surface area contributed by atoms with Crippen LogP contribution in [0.4, 0.5) is 4.39 Å². The third-order valence-corrected chi connectivity index (χ3v) is 3.80. The largest absolute Gasteiger partial charge is 0.462 e. The van der Waals surface area contributed by atoms with Gasteiger partial charge in [0.1, 0.15) is 12.4 Å². The molecule has 0 spiro atoms. The zero-order valence-electron chi connectivity index (χ0n) is 13.6. The summed E-state index contributed by atoms with van der Waals surface area (Å²) < 4.78 is 18.8. The van der Waals surface area contributed by atoms with Gasteiger partial charge in [-0.25, -0.2) is 9.18 Å². The van der Waals surface area contributed by atoms with Crippen molar-refractivity contribution in [2.45, 2.75) is 32.0 Å². The molecule has 4 nitrogen and oxygen atoms in total. The summed E-state index contributed by atoms with van der Waals surface area (Å²) in [7, 11) is 0. The van der Waals surface area contributed by atoms with Crippen LogP contribution >= 0.6 is 0 Å². The average molecular weight is 331 g/mol. The Morgan fingerprint density at radius 1 is 1.17 bits per heavy atom. The maximum atomic E-state index is 13.6. The summed E-state index contributed by atoms with van der Waals surface area (Å²) in [6.07, 6.45) is -0.585. The van der Waals surface area contributed by atoms with Gasteiger partial charge < -0.3 is 15.2 Å². The third-order valence-electron chi connectivity index (χ3n) is 3.80. The smallest absolute Gasteiger partial charge is 0.339 e. The van der Waals surface area contributed by atoms with Crippen LogP contribution in [0.25, 0.3) is 0 Å². The van der Waals surface area contributed by atoms with Gasteiger partial charge in [0.05, 0.1) is 0 Å². The fraction of sp³-hybridized carbons (Fsp3) is 0.316. The summed E-state index contributed by atoms with van der Waals surface area (Å²) in [5.74, 6) is -0.955. The lowest BCUT2D eigenvalue weighted by atomic mass is 10.1. The molecular weight excluding hydrogens is 309 g/mol. The van der Waals surface area contributed by atoms with Crippen molar-refractivity contribution in [3.63, 3.8) is 0 Å². The first kappa shape index (κ1) is 18.1. The van der Waals surface area contributed by atoms with E-state index in [1.165, 1.54) is 6.07 Å². The number of benzene rings is 2. The number of nitrogens with one attached hydrogen (secondary N) is 1. The van der Waals surface area contributed by atoms with Crippen LogP contribution in [0, 0.1) is 5.82 Å². The summed E-state index contributed by atoms with van der Waals surface area (Å²) in [6, 6.07) is 15.1. The van der Waals surface area contributed by atoms with E-state index in [9.17, 15) is 14.3 Å². The van der Waals surface area contributed by atoms with Crippen LogP contribution in [-0.4, -0.2) is 23.7 Å². The molecule has 2 atom stereocenters. The van der Waals surface area contributed by atoms with E-state index in [-0.39, 0.29) is 18.5 Å². The predicted octanol–water partition coefficient (Wildman–Crippen LogP) is 2.97. The molecule has 24 heavy (non-hydrogen) atoms. The molecule has 2 rings (SSSR count). The highest BCUT2D eigenvalue weighted by molar-refractivity contribution is 5.76. The van der Waals surface area contributed by atoms with Gasteiger partial charge in [-0.3, -0.25) is 0 Å². The number of carbonyl (C=O) groups excluding carboxylic acids is 1. The number of ether oxygens (including phenoxy) is 1. The first-order chi connectivity index (χ1) is 11.6. The van der Waals surface area contributed by atoms with E-state index in [4.69, 9.17) is 4.74 Å². The monoisotopic (exact) mass is 331 g/mol. The number of hydrogen-bond donors (Lipinski definition) is 2. The average Bonchev–Trinajstić information content (AvgIpc) is 2.63. The van der Waals surface area contributed by atoms with Crippen molar-refractivity contribution in [1.82, 2.24) is 5.32 Å². The molecule has 0 amide bonds. The van der Waals surface area contributed by atoms with Gasteiger partial charge in [-0.2, -0.15) is 0 Å². The maximum Gasteiger partial charge on any atom is 0.339 e. The minimum Gasteiger partial charge on any atom is -0.462 e. The lowest BCUT2D eigenvalue weighted by molar-refractivity contribution is -0.154. The highest BCUT2D eigenvalue weighted by Gasteiger charge is 2.20. The number of halogens is 1. The van der Waals surface area contributed by atoms with Gasteiger partial charge in [0.2, 0.25) is 0 Å². The molecule has 0 bridgehead atoms. The second kappa shape index (κ2) is 9.15. The van der Waals surface area contributed by atoms with Crippen LogP contribution in [0.15, 0.2) is 54.6 Å². The van der Waals surface area contributed by atoms with E-state index >= 15 is 0 Å². The molecule has 0 radical (unpaired) electrons. The highest BCUT2D eigenvalue weighted by atomic mass is 19.1. The number of esters is 1. The fourth-order valence-electron chi connectivity index (χ4n) is 2.25. The molecule has 1 unspecified atom stereocenters. The van der Waals surface area contributed by atoms with Crippen molar-refractivity contribution >= 4 is 5.97 Å². The van der Waals surface area contributed by atoms with Gasteiger partial charge >= 0.3 is 5.97 Å². The van der Waals surface area contributed by atoms with Crippen molar-refractivity contribution in [3.8, 4) is 0 Å². The molecule has 128 valence electrons. The molecule has 0 heterocycles. The lowest BCUT2D eigenvalue weighted by Crippen LogP contribution is -2.34. The second-order valence-electron chi connectivity index (χ2n) is 5.52. The number of aliphatic hydroxyl groups excluding tert-OH is 1. The van der Waals surface area contributed by atoms with E-state index < -0.39 is 12.1 Å². The Morgan fingerprint density at radius 2 is 1.83 bits per heavy atom. The van der Waals surface area contributed by atoms with Gasteiger partial charge in [-0.05, 0) is 18.1 Å². The van der Waals surface area contributed by atoms with E-state index in [1.54, 1.807) is 48.5 Å². The molecule has 0 saturated carbocycles. The Labute approximate surface area is 141 Å². The van der Waals surface area contributed by atoms with Crippen molar-refractivity contribution in [2.75, 3.05) is 6.61 Å². The van der Waals surface area contributed by atoms with Crippen LogP contribution in [-0.2, 0) is 16.1 Å². The fourth-order valence-corrected chi connectivity index (χ4v) is 2.25. The first-order valence-electron chi connectivity index (χ1n) is 7.98. The first-order valence-corrected chi connectivity index (χ1v) is 7.98. The van der Waals surface area contributed by atoms with Crippen LogP contribution < -0.4 is 5.32 Å². The molecule has 5 heteroatoms. The Balaban J connectivity index is 1.82. The Morgan fingerprint density at radius 3 is 2.50 bits per heavy atom. The Hall–Kier alpha value is -2.24. The topological polar surface area (TPSA) is 58.6 Å². The van der Waals surface area contributed by atoms with Crippen LogP contribution in [0.1, 0.15) is 30.6 Å². The highest BCUT2D eigenvalue weighted by Crippen LogP contribution is 2.14. The van der Waals surface area contributed by atoms with Crippen molar-refractivity contribution < 1.29 is 19.0 Å². The summed E-state index contributed by atoms with van der Waals surface area (Å²) >= 11 is 0. The molecule has 2 aromatic rings. The molecule has 0 aliphatic heterocycles. The predicted molar refractivity (Wildman–Crippen MR) is 89.7 cm³/mol. The van der Waals surface area contributed by atoms with Crippen LogP contribution in [0.3, 0.4) is 0 Å². The summed E-state index contributed by atoms with van der Waals surface area (Å²) in [5.41, 5.74) is 1.06. The zero-order chi connectivity index (χ0) is 17.4. The van der Waals surface area contributed by atoms with Gasteiger partial charge in [-0.15, -0.1) is 0 Å². The van der Waals surface area contributed by atoms with Crippen LogP contribution in [0.5, 0.6) is 0 Å². The lowest BCUT2D eigenvalue weighted by Gasteiger charge is -2.18. The summed E-state index contributed by atoms with van der Waals surface area (Å²) in [6.45, 7) is 2.41. The molecular formula is C19H22FNO3. The van der Waals surface area contributed by atoms with Gasteiger partial charge in [0.25, 0.3) is 0 Å². The van der Waals surface area contributed by atoms with E-state index in [0.717, 1.165) is 0 Å². The SMILES string of the molecule is CC[C@H](COC(=O)C(O)c1ccccc1)NCc1ccccc1F. The summed E-state index contributed by atoms with van der Waals surface area (Å²) in [4.78, 5) is 11.9. The third kappa shape index (κ3) is 5.15. The number of aliphatic hydroxyl groups is 1. The molecule has 0 aliphatic rings. The van der Waals surface area contributed by atoms with Gasteiger partial charge in [-0.1, -0.05) is 55.5 Å². The normalized spacial score (nSPS) is 13.3. The molecule has 2 N–H and O–H groups in total. The maximum absolute atomic E-state index is 13.6. The van der Waals surface area contributed by atoms with E-state index in [2.05, 4.69) is 5.32 Å². The second-order valence-corrected chi connectivity index (χ2v) is 5.52. The number of hydrogen-bond acceptors (Lipinski definition) is 4.